The van der Waals surface area contributed by atoms with Crippen LogP contribution in [0.25, 0.3) is 12.2 Å². The first-order valence-corrected chi connectivity index (χ1v) is 7.30. The maximum absolute atomic E-state index is 6.28. The lowest BCUT2D eigenvalue weighted by Gasteiger charge is -2.17. The van der Waals surface area contributed by atoms with E-state index in [9.17, 15) is 0 Å². The second kappa shape index (κ2) is 5.09. The first-order valence-electron chi connectivity index (χ1n) is 6.22. The number of hydrogen-bond donors (Lipinski definition) is 1. The van der Waals surface area contributed by atoms with Gasteiger partial charge in [-0.2, -0.15) is 4.98 Å². The zero-order valence-corrected chi connectivity index (χ0v) is 12.5. The monoisotopic (exact) mass is 371 g/mol. The van der Waals surface area contributed by atoms with Gasteiger partial charge in [0.2, 0.25) is 0 Å². The van der Waals surface area contributed by atoms with Crippen LogP contribution in [0.5, 0.6) is 0 Å². The summed E-state index contributed by atoms with van der Waals surface area (Å²) in [5, 5.41) is 3.99. The van der Waals surface area contributed by atoms with Crippen LogP contribution in [0.4, 0.5) is 0 Å². The molecule has 1 fully saturated rings. The Balaban J connectivity index is 1.76. The minimum absolute atomic E-state index is 0.407. The maximum atomic E-state index is 6.28. The molecule has 2 N–H and O–H groups in total. The zero-order valence-electron chi connectivity index (χ0n) is 10.3. The van der Waals surface area contributed by atoms with Gasteiger partial charge in [0.1, 0.15) is 5.76 Å². The number of aromatic nitrogens is 2. The van der Waals surface area contributed by atoms with Crippen LogP contribution in [0.1, 0.15) is 43.2 Å². The van der Waals surface area contributed by atoms with Gasteiger partial charge in [-0.25, -0.2) is 0 Å². The molecule has 0 unspecified atom stereocenters. The molecule has 0 amide bonds. The van der Waals surface area contributed by atoms with Crippen molar-refractivity contribution in [3.63, 3.8) is 0 Å². The summed E-state index contributed by atoms with van der Waals surface area (Å²) in [5.41, 5.74) is 5.87. The van der Waals surface area contributed by atoms with Gasteiger partial charge >= 0.3 is 0 Å². The van der Waals surface area contributed by atoms with Crippen molar-refractivity contribution in [1.82, 2.24) is 10.1 Å². The molecule has 19 heavy (non-hydrogen) atoms. The van der Waals surface area contributed by atoms with Crippen molar-refractivity contribution in [3.8, 4) is 0 Å². The van der Waals surface area contributed by atoms with Crippen LogP contribution in [0.15, 0.2) is 21.1 Å². The topological polar surface area (TPSA) is 78.1 Å². The van der Waals surface area contributed by atoms with Gasteiger partial charge in [-0.3, -0.25) is 0 Å². The van der Waals surface area contributed by atoms with E-state index in [-0.39, 0.29) is 0 Å². The molecule has 0 radical (unpaired) electrons. The summed E-state index contributed by atoms with van der Waals surface area (Å²) in [5.74, 6) is 1.82. The Bertz CT molecular complexity index is 597. The lowest BCUT2D eigenvalue weighted by atomic mass is 9.99. The van der Waals surface area contributed by atoms with Crippen molar-refractivity contribution >= 4 is 34.7 Å². The Hall–Kier alpha value is -1.15. The molecule has 0 atom stereocenters. The lowest BCUT2D eigenvalue weighted by molar-refractivity contribution is 0.364. The number of furan rings is 1. The highest BCUT2D eigenvalue weighted by atomic mass is 127. The van der Waals surface area contributed by atoms with E-state index in [1.807, 2.05) is 12.1 Å². The second-order valence-corrected chi connectivity index (χ2v) is 5.86. The predicted molar refractivity (Wildman–Crippen MR) is 79.0 cm³/mol. The van der Waals surface area contributed by atoms with Crippen molar-refractivity contribution in [3.05, 3.63) is 33.4 Å². The molecule has 5 nitrogen and oxygen atoms in total. The first-order chi connectivity index (χ1) is 9.16. The highest BCUT2D eigenvalue weighted by Crippen LogP contribution is 2.34. The van der Waals surface area contributed by atoms with Crippen LogP contribution in [-0.2, 0) is 5.54 Å². The van der Waals surface area contributed by atoms with Gasteiger partial charge in [-0.1, -0.05) is 18.0 Å². The molecule has 100 valence electrons. The molecule has 2 heterocycles. The molecule has 0 aliphatic heterocycles. The molecule has 2 aromatic heterocycles. The van der Waals surface area contributed by atoms with Crippen LogP contribution in [0.2, 0.25) is 0 Å². The number of nitrogens with two attached hydrogens (primary N) is 1. The predicted octanol–water partition coefficient (Wildman–Crippen LogP) is 3.17. The van der Waals surface area contributed by atoms with E-state index in [1.54, 1.807) is 12.2 Å². The normalized spacial score (nSPS) is 18.4. The third kappa shape index (κ3) is 2.74. The fraction of sp³-hybridized carbons (Fsp3) is 0.385. The number of rotatable bonds is 3. The molecule has 0 spiro atoms. The Morgan fingerprint density at radius 2 is 2.05 bits per heavy atom. The molecule has 0 saturated heterocycles. The second-order valence-electron chi connectivity index (χ2n) is 4.79. The summed E-state index contributed by atoms with van der Waals surface area (Å²) in [6, 6.07) is 3.78. The van der Waals surface area contributed by atoms with Crippen LogP contribution in [0.3, 0.4) is 0 Å². The maximum Gasteiger partial charge on any atom is 0.250 e. The summed E-state index contributed by atoms with van der Waals surface area (Å²) in [4.78, 5) is 4.35. The summed E-state index contributed by atoms with van der Waals surface area (Å²) in [6.07, 6.45) is 7.64. The molecule has 0 bridgehead atoms. The Morgan fingerprint density at radius 3 is 2.74 bits per heavy atom. The Kier molecular flexibility index (Phi) is 3.44. The average molecular weight is 371 g/mol. The highest BCUT2D eigenvalue weighted by molar-refractivity contribution is 14.1. The molecule has 2 aromatic rings. The van der Waals surface area contributed by atoms with E-state index in [4.69, 9.17) is 14.7 Å². The van der Waals surface area contributed by atoms with Gasteiger partial charge in [0, 0.05) is 6.08 Å². The summed E-state index contributed by atoms with van der Waals surface area (Å²) in [7, 11) is 0. The van der Waals surface area contributed by atoms with Gasteiger partial charge in [-0.05, 0) is 53.6 Å². The molecule has 1 aliphatic carbocycles. The van der Waals surface area contributed by atoms with E-state index in [2.05, 4.69) is 32.7 Å². The number of hydrogen-bond acceptors (Lipinski definition) is 5. The molecule has 3 rings (SSSR count). The minimum Gasteiger partial charge on any atom is -0.451 e. The smallest absolute Gasteiger partial charge is 0.250 e. The minimum atomic E-state index is -0.407. The summed E-state index contributed by atoms with van der Waals surface area (Å²) >= 11 is 2.12. The molecule has 6 heteroatoms. The highest BCUT2D eigenvalue weighted by Gasteiger charge is 2.35. The van der Waals surface area contributed by atoms with Crippen LogP contribution < -0.4 is 5.73 Å². The first kappa shape index (κ1) is 12.9. The van der Waals surface area contributed by atoms with E-state index in [0.717, 1.165) is 35.2 Å². The molecular weight excluding hydrogens is 357 g/mol. The summed E-state index contributed by atoms with van der Waals surface area (Å²) < 4.78 is 11.5. The fourth-order valence-corrected chi connectivity index (χ4v) is 2.74. The van der Waals surface area contributed by atoms with E-state index < -0.39 is 5.54 Å². The van der Waals surface area contributed by atoms with E-state index in [0.29, 0.717) is 11.7 Å². The van der Waals surface area contributed by atoms with Crippen LogP contribution in [-0.4, -0.2) is 10.1 Å². The third-order valence-electron chi connectivity index (χ3n) is 3.37. The van der Waals surface area contributed by atoms with Crippen LogP contribution in [0, 0.1) is 3.77 Å². The number of halogens is 1. The zero-order chi connectivity index (χ0) is 13.3. The van der Waals surface area contributed by atoms with Crippen molar-refractivity contribution in [1.29, 1.82) is 0 Å². The Labute approximate surface area is 124 Å². The average Bonchev–Trinajstić information content (AvgIpc) is 3.08. The molecule has 0 aromatic carbocycles. The van der Waals surface area contributed by atoms with Gasteiger partial charge in [0.05, 0.1) is 5.54 Å². The molecule has 1 saturated carbocycles. The largest absolute Gasteiger partial charge is 0.451 e. The van der Waals surface area contributed by atoms with Gasteiger partial charge in [0.25, 0.3) is 5.89 Å². The third-order valence-corrected chi connectivity index (χ3v) is 3.95. The SMILES string of the molecule is NC1(c2noc(/C=C/c3ccc(I)o3)n2)CCCC1. The number of nitrogens with zero attached hydrogens (tertiary/aromatic N) is 2. The van der Waals surface area contributed by atoms with Crippen molar-refractivity contribution in [2.75, 3.05) is 0 Å². The molecule has 1 aliphatic rings. The van der Waals surface area contributed by atoms with Gasteiger partial charge in [-0.15, -0.1) is 0 Å². The van der Waals surface area contributed by atoms with Gasteiger partial charge in [0.15, 0.2) is 9.59 Å². The summed E-state index contributed by atoms with van der Waals surface area (Å²) in [6.45, 7) is 0. The van der Waals surface area contributed by atoms with Crippen LogP contribution >= 0.6 is 22.6 Å². The van der Waals surface area contributed by atoms with Crippen molar-refractivity contribution in [2.45, 2.75) is 31.2 Å². The lowest BCUT2D eigenvalue weighted by Crippen LogP contribution is -2.34. The fourth-order valence-electron chi connectivity index (χ4n) is 2.31. The van der Waals surface area contributed by atoms with Gasteiger partial charge < -0.3 is 14.7 Å². The van der Waals surface area contributed by atoms with Crippen molar-refractivity contribution in [2.24, 2.45) is 5.73 Å². The molecular formula is C13H14IN3O2. The standard InChI is InChI=1S/C13H14IN3O2/c14-10-5-3-9(18-10)4-6-11-16-12(17-19-11)13(15)7-1-2-8-13/h3-6H,1-2,7-8,15H2/b6-4+. The van der Waals surface area contributed by atoms with E-state index in [1.165, 1.54) is 0 Å². The quantitative estimate of drug-likeness (QED) is 0.839. The van der Waals surface area contributed by atoms with E-state index >= 15 is 0 Å². The van der Waals surface area contributed by atoms with Crippen molar-refractivity contribution < 1.29 is 8.94 Å². The Morgan fingerprint density at radius 1 is 1.26 bits per heavy atom.